The third-order valence-corrected chi connectivity index (χ3v) is 4.73. The van der Waals surface area contributed by atoms with Gasteiger partial charge in [-0.2, -0.15) is 5.10 Å². The molecule has 0 fully saturated rings. The minimum absolute atomic E-state index is 0.0795. The topological polar surface area (TPSA) is 46.9 Å². The summed E-state index contributed by atoms with van der Waals surface area (Å²) in [6.07, 6.45) is 0.274. The Kier molecular flexibility index (Phi) is 4.91. The molecule has 1 amide bonds. The van der Waals surface area contributed by atoms with E-state index in [0.29, 0.717) is 5.02 Å². The van der Waals surface area contributed by atoms with Gasteiger partial charge in [0.2, 0.25) is 5.91 Å². The maximum Gasteiger partial charge on any atom is 0.228 e. The largest absolute Gasteiger partial charge is 0.326 e. The molecule has 2 aromatic carbocycles. The van der Waals surface area contributed by atoms with Crippen LogP contribution in [0.4, 0.5) is 5.69 Å². The summed E-state index contributed by atoms with van der Waals surface area (Å²) in [6, 6.07) is 15.4. The summed E-state index contributed by atoms with van der Waals surface area (Å²) < 4.78 is 1.88. The molecule has 0 aliphatic heterocycles. The highest BCUT2D eigenvalue weighted by atomic mass is 35.5. The minimum atomic E-state index is -0.0795. The number of nitrogens with zero attached hydrogens (tertiary/aromatic N) is 2. The summed E-state index contributed by atoms with van der Waals surface area (Å²) in [5, 5.41) is 8.17. The van der Waals surface area contributed by atoms with Crippen molar-refractivity contribution in [3.05, 3.63) is 76.1 Å². The molecule has 0 aliphatic rings. The van der Waals surface area contributed by atoms with Crippen LogP contribution in [0, 0.1) is 20.8 Å². The number of anilines is 1. The second-order valence-electron chi connectivity index (χ2n) is 6.03. The highest BCUT2D eigenvalue weighted by Gasteiger charge is 2.16. The average Bonchev–Trinajstić information content (AvgIpc) is 2.88. The molecule has 1 N–H and O–H groups in total. The molecule has 1 aromatic heterocycles. The first-order chi connectivity index (χ1) is 12.0. The van der Waals surface area contributed by atoms with Crippen LogP contribution < -0.4 is 5.32 Å². The van der Waals surface area contributed by atoms with Gasteiger partial charge >= 0.3 is 0 Å². The average molecular weight is 354 g/mol. The fourth-order valence-corrected chi connectivity index (χ4v) is 3.02. The number of amides is 1. The van der Waals surface area contributed by atoms with Gasteiger partial charge in [-0.3, -0.25) is 4.79 Å². The zero-order chi connectivity index (χ0) is 18.0. The Labute approximate surface area is 152 Å². The number of carbonyl (C=O) groups excluding carboxylic acids is 1. The Balaban J connectivity index is 1.82. The van der Waals surface area contributed by atoms with Crippen molar-refractivity contribution in [2.45, 2.75) is 27.2 Å². The lowest BCUT2D eigenvalue weighted by Gasteiger charge is -2.10. The summed E-state index contributed by atoms with van der Waals surface area (Å²) in [5.74, 6) is -0.0795. The third kappa shape index (κ3) is 3.59. The van der Waals surface area contributed by atoms with Crippen molar-refractivity contribution >= 4 is 23.2 Å². The van der Waals surface area contributed by atoms with Gasteiger partial charge in [0.05, 0.1) is 17.8 Å². The Bertz CT molecular complexity index is 916. The van der Waals surface area contributed by atoms with E-state index in [1.807, 2.05) is 74.0 Å². The van der Waals surface area contributed by atoms with Gasteiger partial charge in [-0.1, -0.05) is 35.9 Å². The van der Waals surface area contributed by atoms with E-state index >= 15 is 0 Å². The SMILES string of the molecule is Cc1nn(-c2ccccc2)c(C)c1CC(=O)Nc1cccc(Cl)c1C. The Morgan fingerprint density at radius 3 is 2.52 bits per heavy atom. The zero-order valence-electron chi connectivity index (χ0n) is 14.5. The molecule has 128 valence electrons. The lowest BCUT2D eigenvalue weighted by molar-refractivity contribution is -0.115. The molecule has 0 aliphatic carbocycles. The molecule has 0 unspecified atom stereocenters. The quantitative estimate of drug-likeness (QED) is 0.743. The highest BCUT2D eigenvalue weighted by Crippen LogP contribution is 2.24. The van der Waals surface area contributed by atoms with Crippen molar-refractivity contribution in [3.63, 3.8) is 0 Å². The maximum absolute atomic E-state index is 12.5. The number of para-hydroxylation sites is 1. The summed E-state index contributed by atoms with van der Waals surface area (Å²) in [7, 11) is 0. The summed E-state index contributed by atoms with van der Waals surface area (Å²) >= 11 is 6.11. The molecule has 25 heavy (non-hydrogen) atoms. The molecule has 0 radical (unpaired) electrons. The van der Waals surface area contributed by atoms with E-state index < -0.39 is 0 Å². The fourth-order valence-electron chi connectivity index (χ4n) is 2.85. The number of carbonyl (C=O) groups is 1. The predicted molar refractivity (Wildman–Crippen MR) is 102 cm³/mol. The molecule has 0 spiro atoms. The molecule has 1 heterocycles. The zero-order valence-corrected chi connectivity index (χ0v) is 15.3. The van der Waals surface area contributed by atoms with Gasteiger partial charge in [0.1, 0.15) is 0 Å². The van der Waals surface area contributed by atoms with Gasteiger partial charge in [0.15, 0.2) is 0 Å². The van der Waals surface area contributed by atoms with E-state index in [0.717, 1.165) is 33.9 Å². The smallest absolute Gasteiger partial charge is 0.228 e. The van der Waals surface area contributed by atoms with Gasteiger partial charge in [-0.25, -0.2) is 4.68 Å². The van der Waals surface area contributed by atoms with E-state index in [2.05, 4.69) is 10.4 Å². The van der Waals surface area contributed by atoms with E-state index in [9.17, 15) is 4.79 Å². The monoisotopic (exact) mass is 353 g/mol. The van der Waals surface area contributed by atoms with Crippen molar-refractivity contribution < 1.29 is 4.79 Å². The van der Waals surface area contributed by atoms with Gasteiger partial charge in [0, 0.05) is 22.0 Å². The van der Waals surface area contributed by atoms with Crippen LogP contribution in [0.2, 0.25) is 5.02 Å². The second kappa shape index (κ2) is 7.11. The predicted octanol–water partition coefficient (Wildman–Crippen LogP) is 4.63. The van der Waals surface area contributed by atoms with Crippen LogP contribution in [-0.4, -0.2) is 15.7 Å². The van der Waals surface area contributed by atoms with Gasteiger partial charge in [-0.15, -0.1) is 0 Å². The minimum Gasteiger partial charge on any atom is -0.326 e. The van der Waals surface area contributed by atoms with Crippen molar-refractivity contribution in [3.8, 4) is 5.69 Å². The Morgan fingerprint density at radius 1 is 1.08 bits per heavy atom. The Morgan fingerprint density at radius 2 is 1.80 bits per heavy atom. The lowest BCUT2D eigenvalue weighted by atomic mass is 10.1. The van der Waals surface area contributed by atoms with Gasteiger partial charge in [0.25, 0.3) is 0 Å². The van der Waals surface area contributed by atoms with Crippen molar-refractivity contribution in [1.82, 2.24) is 9.78 Å². The number of hydrogen-bond donors (Lipinski definition) is 1. The van der Waals surface area contributed by atoms with Crippen molar-refractivity contribution in [1.29, 1.82) is 0 Å². The van der Waals surface area contributed by atoms with Crippen LogP contribution in [0.5, 0.6) is 0 Å². The van der Waals surface area contributed by atoms with E-state index in [-0.39, 0.29) is 12.3 Å². The standard InChI is InChI=1S/C20H20ClN3O/c1-13-18(21)10-7-11-19(13)22-20(25)12-17-14(2)23-24(15(17)3)16-8-5-4-6-9-16/h4-11H,12H2,1-3H3,(H,22,25). The van der Waals surface area contributed by atoms with Crippen LogP contribution in [0.25, 0.3) is 5.69 Å². The van der Waals surface area contributed by atoms with E-state index in [1.165, 1.54) is 0 Å². The molecule has 0 bridgehead atoms. The van der Waals surface area contributed by atoms with Crippen molar-refractivity contribution in [2.75, 3.05) is 5.32 Å². The maximum atomic E-state index is 12.5. The second-order valence-corrected chi connectivity index (χ2v) is 6.44. The molecule has 5 heteroatoms. The van der Waals surface area contributed by atoms with Crippen molar-refractivity contribution in [2.24, 2.45) is 0 Å². The number of rotatable bonds is 4. The molecule has 0 saturated carbocycles. The molecule has 4 nitrogen and oxygen atoms in total. The molecule has 3 rings (SSSR count). The lowest BCUT2D eigenvalue weighted by Crippen LogP contribution is -2.16. The number of benzene rings is 2. The first kappa shape index (κ1) is 17.2. The number of hydrogen-bond acceptors (Lipinski definition) is 2. The fraction of sp³-hybridized carbons (Fsp3) is 0.200. The van der Waals surface area contributed by atoms with Crippen LogP contribution in [0.15, 0.2) is 48.5 Å². The summed E-state index contributed by atoms with van der Waals surface area (Å²) in [5.41, 5.74) is 5.37. The summed E-state index contributed by atoms with van der Waals surface area (Å²) in [4.78, 5) is 12.5. The normalized spacial score (nSPS) is 10.7. The highest BCUT2D eigenvalue weighted by molar-refractivity contribution is 6.31. The first-order valence-electron chi connectivity index (χ1n) is 8.13. The number of nitrogens with one attached hydrogen (secondary N) is 1. The third-order valence-electron chi connectivity index (χ3n) is 4.32. The van der Waals surface area contributed by atoms with Crippen LogP contribution in [-0.2, 0) is 11.2 Å². The van der Waals surface area contributed by atoms with Gasteiger partial charge < -0.3 is 5.32 Å². The molecule has 0 saturated heterocycles. The van der Waals surface area contributed by atoms with Crippen LogP contribution in [0.3, 0.4) is 0 Å². The summed E-state index contributed by atoms with van der Waals surface area (Å²) in [6.45, 7) is 5.81. The Hall–Kier alpha value is -2.59. The molecular formula is C20H20ClN3O. The number of aryl methyl sites for hydroxylation is 1. The van der Waals surface area contributed by atoms with Crippen LogP contribution >= 0.6 is 11.6 Å². The molecule has 3 aromatic rings. The van der Waals surface area contributed by atoms with E-state index in [1.54, 1.807) is 0 Å². The molecule has 0 atom stereocenters. The number of aromatic nitrogens is 2. The van der Waals surface area contributed by atoms with Gasteiger partial charge in [-0.05, 0) is 50.6 Å². The number of halogens is 1. The first-order valence-corrected chi connectivity index (χ1v) is 8.50. The molecular weight excluding hydrogens is 334 g/mol. The van der Waals surface area contributed by atoms with E-state index in [4.69, 9.17) is 11.6 Å². The van der Waals surface area contributed by atoms with Crippen LogP contribution in [0.1, 0.15) is 22.5 Å².